The first-order valence-corrected chi connectivity index (χ1v) is 6.52. The highest BCUT2D eigenvalue weighted by molar-refractivity contribution is 5.21. The minimum atomic E-state index is -0.0955. The lowest BCUT2D eigenvalue weighted by molar-refractivity contribution is 0.447. The minimum absolute atomic E-state index is 0.0955. The Bertz CT molecular complexity index is 386. The Labute approximate surface area is 103 Å². The van der Waals surface area contributed by atoms with E-state index in [2.05, 4.69) is 26.1 Å². The lowest BCUT2D eigenvalue weighted by Gasteiger charge is -2.18. The zero-order valence-electron chi connectivity index (χ0n) is 11.0. The molecule has 94 valence electrons. The van der Waals surface area contributed by atoms with Crippen molar-refractivity contribution in [3.8, 4) is 0 Å². The van der Waals surface area contributed by atoms with Gasteiger partial charge in [-0.3, -0.25) is 0 Å². The van der Waals surface area contributed by atoms with Gasteiger partial charge < -0.3 is 5.32 Å². The van der Waals surface area contributed by atoms with E-state index in [1.165, 1.54) is 6.42 Å². The Morgan fingerprint density at radius 1 is 1.41 bits per heavy atom. The molecule has 1 aromatic rings. The third-order valence-corrected chi connectivity index (χ3v) is 4.02. The van der Waals surface area contributed by atoms with Gasteiger partial charge in [-0.15, -0.1) is 0 Å². The van der Waals surface area contributed by atoms with Gasteiger partial charge >= 0.3 is 0 Å². The summed E-state index contributed by atoms with van der Waals surface area (Å²) in [6.07, 6.45) is 2.21. The van der Waals surface area contributed by atoms with Crippen molar-refractivity contribution in [1.29, 1.82) is 0 Å². The third-order valence-electron chi connectivity index (χ3n) is 4.02. The Kier molecular flexibility index (Phi) is 3.53. The van der Waals surface area contributed by atoms with E-state index in [0.29, 0.717) is 5.41 Å². The first-order valence-electron chi connectivity index (χ1n) is 6.52. The maximum atomic E-state index is 13.7. The SMILES string of the molecule is CCC(NCC1CC1(C)C)c1ccccc1F. The van der Waals surface area contributed by atoms with Crippen LogP contribution >= 0.6 is 0 Å². The van der Waals surface area contributed by atoms with Gasteiger partial charge in [0.25, 0.3) is 0 Å². The molecule has 0 aromatic heterocycles. The average Bonchev–Trinajstić information content (AvgIpc) is 2.90. The standard InChI is InChI=1S/C15H22FN/c1-4-14(12-7-5-6-8-13(12)16)17-10-11-9-15(11,2)3/h5-8,11,14,17H,4,9-10H2,1-3H3. The van der Waals surface area contributed by atoms with Crippen molar-refractivity contribution >= 4 is 0 Å². The van der Waals surface area contributed by atoms with Gasteiger partial charge in [0.1, 0.15) is 5.82 Å². The van der Waals surface area contributed by atoms with Gasteiger partial charge in [0.05, 0.1) is 0 Å². The van der Waals surface area contributed by atoms with Crippen molar-refractivity contribution in [2.45, 2.75) is 39.7 Å². The Hall–Kier alpha value is -0.890. The Morgan fingerprint density at radius 3 is 2.59 bits per heavy atom. The highest BCUT2D eigenvalue weighted by Crippen LogP contribution is 2.51. The molecule has 0 spiro atoms. The first-order chi connectivity index (χ1) is 8.04. The molecule has 1 aliphatic carbocycles. The summed E-state index contributed by atoms with van der Waals surface area (Å²) in [5, 5.41) is 3.50. The van der Waals surface area contributed by atoms with E-state index >= 15 is 0 Å². The maximum absolute atomic E-state index is 13.7. The lowest BCUT2D eigenvalue weighted by Crippen LogP contribution is -2.25. The molecule has 1 fully saturated rings. The number of nitrogens with one attached hydrogen (secondary N) is 1. The number of halogens is 1. The summed E-state index contributed by atoms with van der Waals surface area (Å²) in [7, 11) is 0. The zero-order chi connectivity index (χ0) is 12.5. The van der Waals surface area contributed by atoms with Crippen LogP contribution in [0, 0.1) is 17.2 Å². The molecule has 0 amide bonds. The molecule has 1 aromatic carbocycles. The van der Waals surface area contributed by atoms with Crippen LogP contribution in [0.5, 0.6) is 0 Å². The van der Waals surface area contributed by atoms with Crippen LogP contribution in [-0.2, 0) is 0 Å². The van der Waals surface area contributed by atoms with Crippen molar-refractivity contribution in [3.05, 3.63) is 35.6 Å². The molecular formula is C15H22FN. The molecule has 1 saturated carbocycles. The monoisotopic (exact) mass is 235 g/mol. The smallest absolute Gasteiger partial charge is 0.127 e. The summed E-state index contributed by atoms with van der Waals surface area (Å²) in [5.74, 6) is 0.658. The van der Waals surface area contributed by atoms with E-state index in [1.54, 1.807) is 12.1 Å². The summed E-state index contributed by atoms with van der Waals surface area (Å²) in [6, 6.07) is 7.22. The van der Waals surface area contributed by atoms with E-state index in [1.807, 2.05) is 12.1 Å². The van der Waals surface area contributed by atoms with Gasteiger partial charge in [-0.05, 0) is 36.8 Å². The maximum Gasteiger partial charge on any atom is 0.127 e. The van der Waals surface area contributed by atoms with E-state index in [9.17, 15) is 4.39 Å². The fourth-order valence-electron chi connectivity index (χ4n) is 2.44. The zero-order valence-corrected chi connectivity index (χ0v) is 11.0. The predicted molar refractivity (Wildman–Crippen MR) is 69.3 cm³/mol. The van der Waals surface area contributed by atoms with Crippen molar-refractivity contribution in [1.82, 2.24) is 5.32 Å². The second kappa shape index (κ2) is 4.77. The highest BCUT2D eigenvalue weighted by atomic mass is 19.1. The van der Waals surface area contributed by atoms with Gasteiger partial charge in [-0.2, -0.15) is 0 Å². The molecule has 1 aliphatic rings. The molecule has 2 atom stereocenters. The second-order valence-corrected chi connectivity index (χ2v) is 5.78. The van der Waals surface area contributed by atoms with E-state index in [-0.39, 0.29) is 11.9 Å². The first kappa shape index (κ1) is 12.6. The van der Waals surface area contributed by atoms with Crippen molar-refractivity contribution in [2.75, 3.05) is 6.54 Å². The van der Waals surface area contributed by atoms with Crippen molar-refractivity contribution in [3.63, 3.8) is 0 Å². The Balaban J connectivity index is 1.95. The molecule has 0 heterocycles. The fourth-order valence-corrected chi connectivity index (χ4v) is 2.44. The topological polar surface area (TPSA) is 12.0 Å². The molecular weight excluding hydrogens is 213 g/mol. The minimum Gasteiger partial charge on any atom is -0.310 e. The van der Waals surface area contributed by atoms with Gasteiger partial charge in [-0.25, -0.2) is 4.39 Å². The molecule has 0 radical (unpaired) electrons. The van der Waals surface area contributed by atoms with Gasteiger partial charge in [0, 0.05) is 11.6 Å². The summed E-state index contributed by atoms with van der Waals surface area (Å²) >= 11 is 0. The normalized spacial score (nSPS) is 23.4. The van der Waals surface area contributed by atoms with Crippen LogP contribution in [-0.4, -0.2) is 6.54 Å². The molecule has 1 nitrogen and oxygen atoms in total. The Morgan fingerprint density at radius 2 is 2.06 bits per heavy atom. The molecule has 2 heteroatoms. The van der Waals surface area contributed by atoms with E-state index in [4.69, 9.17) is 0 Å². The van der Waals surface area contributed by atoms with Gasteiger partial charge in [-0.1, -0.05) is 39.0 Å². The van der Waals surface area contributed by atoms with Gasteiger partial charge in [0.2, 0.25) is 0 Å². The molecule has 17 heavy (non-hydrogen) atoms. The predicted octanol–water partition coefficient (Wildman–Crippen LogP) is 3.91. The number of hydrogen-bond acceptors (Lipinski definition) is 1. The second-order valence-electron chi connectivity index (χ2n) is 5.78. The van der Waals surface area contributed by atoms with Crippen LogP contribution in [0.25, 0.3) is 0 Å². The van der Waals surface area contributed by atoms with E-state index in [0.717, 1.165) is 24.4 Å². The third kappa shape index (κ3) is 2.86. The molecule has 0 saturated heterocycles. The largest absolute Gasteiger partial charge is 0.310 e. The highest BCUT2D eigenvalue weighted by Gasteiger charge is 2.45. The van der Waals surface area contributed by atoms with Crippen LogP contribution in [0.4, 0.5) is 4.39 Å². The quantitative estimate of drug-likeness (QED) is 0.816. The summed E-state index contributed by atoms with van der Waals surface area (Å²) in [6.45, 7) is 7.69. The molecule has 2 unspecified atom stereocenters. The summed E-state index contributed by atoms with van der Waals surface area (Å²) in [5.41, 5.74) is 1.29. The van der Waals surface area contributed by atoms with Crippen LogP contribution < -0.4 is 5.32 Å². The number of benzene rings is 1. The van der Waals surface area contributed by atoms with Crippen molar-refractivity contribution < 1.29 is 4.39 Å². The molecule has 2 rings (SSSR count). The summed E-state index contributed by atoms with van der Waals surface area (Å²) in [4.78, 5) is 0. The summed E-state index contributed by atoms with van der Waals surface area (Å²) < 4.78 is 13.7. The average molecular weight is 235 g/mol. The molecule has 0 bridgehead atoms. The fraction of sp³-hybridized carbons (Fsp3) is 0.600. The van der Waals surface area contributed by atoms with Crippen LogP contribution in [0.3, 0.4) is 0 Å². The van der Waals surface area contributed by atoms with Crippen LogP contribution in [0.1, 0.15) is 45.2 Å². The van der Waals surface area contributed by atoms with Crippen molar-refractivity contribution in [2.24, 2.45) is 11.3 Å². The number of hydrogen-bond donors (Lipinski definition) is 1. The van der Waals surface area contributed by atoms with Gasteiger partial charge in [0.15, 0.2) is 0 Å². The van der Waals surface area contributed by atoms with Crippen LogP contribution in [0.15, 0.2) is 24.3 Å². The molecule has 0 aliphatic heterocycles. The number of rotatable bonds is 5. The van der Waals surface area contributed by atoms with Crippen LogP contribution in [0.2, 0.25) is 0 Å². The molecule has 1 N–H and O–H groups in total. The van der Waals surface area contributed by atoms with E-state index < -0.39 is 0 Å². The lowest BCUT2D eigenvalue weighted by atomic mass is 10.0.